The van der Waals surface area contributed by atoms with Gasteiger partial charge in [-0.2, -0.15) is 5.10 Å². The molecule has 202 valence electrons. The zero-order valence-electron chi connectivity index (χ0n) is 23.0. The number of esters is 1. The number of carbonyl (C=O) groups is 1. The number of carbonyl (C=O) groups excluding carboxylic acids is 1. The summed E-state index contributed by atoms with van der Waals surface area (Å²) in [7, 11) is 0. The number of hydrogen-bond acceptors (Lipinski definition) is 5. The van der Waals surface area contributed by atoms with Gasteiger partial charge in [-0.25, -0.2) is 16.5 Å². The van der Waals surface area contributed by atoms with E-state index in [1.807, 2.05) is 53.0 Å². The van der Waals surface area contributed by atoms with Crippen LogP contribution in [0.5, 0.6) is 0 Å². The third kappa shape index (κ3) is 5.88. The molecule has 0 amide bonds. The van der Waals surface area contributed by atoms with Crippen LogP contribution >= 0.6 is 0 Å². The molecule has 0 spiro atoms. The Morgan fingerprint density at radius 1 is 1.13 bits per heavy atom. The molecule has 8 nitrogen and oxygen atoms in total. The van der Waals surface area contributed by atoms with E-state index < -0.39 is 0 Å². The Labute approximate surface area is 229 Å². The minimum atomic E-state index is -0.362. The number of benzene rings is 1. The molecule has 3 aromatic heterocycles. The average Bonchev–Trinajstić information content (AvgIpc) is 3.71. The van der Waals surface area contributed by atoms with Gasteiger partial charge in [-0.15, -0.1) is 0 Å². The maximum Gasteiger partial charge on any atom is 0.314 e. The van der Waals surface area contributed by atoms with Crippen LogP contribution in [0.15, 0.2) is 55.2 Å². The molecule has 0 unspecified atom stereocenters. The number of nitrogens with zero attached hydrogens (tertiary/aromatic N) is 6. The quantitative estimate of drug-likeness (QED) is 0.176. The standard InChI is InChI=1S/C31H36N6O2/c1-21(2)15-23-9-11-24(12-10-23)22(3)31(38)39-20-36-14-13-27-29(33-19-34-30(27)36)26-16-35-37(18-26)28(17-32-4)25-7-5-6-8-25/h9-14,16,18-19,21-22,25,28H,5-8,15,17,20H2,1-3H3/t22-,28+/m0/s1. The van der Waals surface area contributed by atoms with Crippen molar-refractivity contribution in [3.8, 4) is 11.3 Å². The summed E-state index contributed by atoms with van der Waals surface area (Å²) in [6.07, 6.45) is 13.0. The Balaban J connectivity index is 1.29. The Morgan fingerprint density at radius 2 is 1.90 bits per heavy atom. The lowest BCUT2D eigenvalue weighted by molar-refractivity contribution is -0.148. The van der Waals surface area contributed by atoms with E-state index in [2.05, 4.69) is 45.9 Å². The smallest absolute Gasteiger partial charge is 0.314 e. The molecule has 1 aromatic carbocycles. The zero-order chi connectivity index (χ0) is 27.4. The van der Waals surface area contributed by atoms with Crippen molar-refractivity contribution >= 4 is 17.0 Å². The molecule has 1 saturated carbocycles. The minimum Gasteiger partial charge on any atom is -0.443 e. The van der Waals surface area contributed by atoms with Crippen molar-refractivity contribution in [2.45, 2.75) is 71.6 Å². The first-order valence-corrected chi connectivity index (χ1v) is 13.9. The molecule has 8 heteroatoms. The van der Waals surface area contributed by atoms with Crippen LogP contribution in [-0.2, 0) is 22.7 Å². The van der Waals surface area contributed by atoms with Gasteiger partial charge in [0.05, 0.1) is 17.8 Å². The second-order valence-corrected chi connectivity index (χ2v) is 11.1. The van der Waals surface area contributed by atoms with Crippen LogP contribution in [0.25, 0.3) is 27.1 Å². The highest BCUT2D eigenvalue weighted by molar-refractivity contribution is 5.90. The molecule has 5 rings (SSSR count). The van der Waals surface area contributed by atoms with Crippen LogP contribution in [0.1, 0.15) is 69.5 Å². The largest absolute Gasteiger partial charge is 0.443 e. The van der Waals surface area contributed by atoms with E-state index in [-0.39, 0.29) is 24.7 Å². The van der Waals surface area contributed by atoms with Gasteiger partial charge in [0.25, 0.3) is 0 Å². The lowest BCUT2D eigenvalue weighted by Gasteiger charge is -2.18. The lowest BCUT2D eigenvalue weighted by Crippen LogP contribution is -2.20. The van der Waals surface area contributed by atoms with Gasteiger partial charge >= 0.3 is 5.97 Å². The maximum atomic E-state index is 12.9. The molecule has 0 radical (unpaired) electrons. The van der Waals surface area contributed by atoms with Crippen molar-refractivity contribution in [2.75, 3.05) is 6.54 Å². The molecular formula is C31H36N6O2. The van der Waals surface area contributed by atoms with Crippen LogP contribution in [-0.4, -0.2) is 36.8 Å². The van der Waals surface area contributed by atoms with Crippen molar-refractivity contribution < 1.29 is 9.53 Å². The van der Waals surface area contributed by atoms with Crippen LogP contribution in [0.3, 0.4) is 0 Å². The van der Waals surface area contributed by atoms with Gasteiger partial charge in [0.2, 0.25) is 6.54 Å². The SMILES string of the molecule is [C-]#[N+]C[C@H](C1CCCC1)n1cc(-c2ncnc3c2ccn3COC(=O)[C@@H](C)c2ccc(CC(C)C)cc2)cn1. The first-order chi connectivity index (χ1) is 18.9. The summed E-state index contributed by atoms with van der Waals surface area (Å²) in [5.74, 6) is 0.447. The average molecular weight is 525 g/mol. The van der Waals surface area contributed by atoms with Gasteiger partial charge < -0.3 is 9.58 Å². The summed E-state index contributed by atoms with van der Waals surface area (Å²) in [5.41, 5.74) is 4.58. The highest BCUT2D eigenvalue weighted by Gasteiger charge is 2.29. The Bertz CT molecular complexity index is 1460. The summed E-state index contributed by atoms with van der Waals surface area (Å²) >= 11 is 0. The molecule has 2 atom stereocenters. The number of rotatable bonds is 10. The minimum absolute atomic E-state index is 0.0720. The second kappa shape index (κ2) is 11.8. The van der Waals surface area contributed by atoms with Crippen LogP contribution in [0.4, 0.5) is 0 Å². The molecular weight excluding hydrogens is 488 g/mol. The topological polar surface area (TPSA) is 79.2 Å². The van der Waals surface area contributed by atoms with Gasteiger partial charge in [0.1, 0.15) is 18.0 Å². The maximum absolute atomic E-state index is 12.9. The third-order valence-electron chi connectivity index (χ3n) is 7.82. The van der Waals surface area contributed by atoms with Crippen LogP contribution in [0, 0.1) is 18.4 Å². The Morgan fingerprint density at radius 3 is 2.62 bits per heavy atom. The monoisotopic (exact) mass is 524 g/mol. The number of aromatic nitrogens is 5. The van der Waals surface area contributed by atoms with Crippen molar-refractivity contribution in [1.29, 1.82) is 0 Å². The molecule has 0 saturated heterocycles. The van der Waals surface area contributed by atoms with E-state index in [1.165, 1.54) is 24.7 Å². The van der Waals surface area contributed by atoms with Gasteiger partial charge in [0.15, 0.2) is 6.73 Å². The van der Waals surface area contributed by atoms with Crippen molar-refractivity contribution in [2.24, 2.45) is 11.8 Å². The first kappa shape index (κ1) is 26.6. The second-order valence-electron chi connectivity index (χ2n) is 11.1. The summed E-state index contributed by atoms with van der Waals surface area (Å²) < 4.78 is 9.46. The molecule has 39 heavy (non-hydrogen) atoms. The van der Waals surface area contributed by atoms with Crippen molar-refractivity contribution in [3.63, 3.8) is 0 Å². The number of ether oxygens (including phenoxy) is 1. The predicted molar refractivity (Wildman–Crippen MR) is 151 cm³/mol. The zero-order valence-corrected chi connectivity index (χ0v) is 23.0. The van der Waals surface area contributed by atoms with Gasteiger partial charge in [0, 0.05) is 23.3 Å². The summed E-state index contributed by atoms with van der Waals surface area (Å²) in [5, 5.41) is 5.50. The molecule has 1 aliphatic carbocycles. The van der Waals surface area contributed by atoms with Crippen LogP contribution < -0.4 is 0 Å². The highest BCUT2D eigenvalue weighted by atomic mass is 16.5. The summed E-state index contributed by atoms with van der Waals surface area (Å²) in [6, 6.07) is 10.3. The first-order valence-electron chi connectivity index (χ1n) is 13.9. The van der Waals surface area contributed by atoms with E-state index in [0.29, 0.717) is 24.0 Å². The van der Waals surface area contributed by atoms with Gasteiger partial charge in [-0.1, -0.05) is 51.0 Å². The Hall–Kier alpha value is -3.99. The molecule has 1 aliphatic rings. The predicted octanol–water partition coefficient (Wildman–Crippen LogP) is 6.45. The molecule has 0 N–H and O–H groups in total. The van der Waals surface area contributed by atoms with E-state index in [9.17, 15) is 4.79 Å². The fourth-order valence-electron chi connectivity index (χ4n) is 5.67. The van der Waals surface area contributed by atoms with E-state index in [4.69, 9.17) is 11.3 Å². The van der Waals surface area contributed by atoms with E-state index in [0.717, 1.165) is 41.5 Å². The summed E-state index contributed by atoms with van der Waals surface area (Å²) in [6.45, 7) is 14.2. The van der Waals surface area contributed by atoms with Crippen molar-refractivity contribution in [1.82, 2.24) is 24.3 Å². The molecule has 3 heterocycles. The fraction of sp³-hybridized carbons (Fsp3) is 0.452. The van der Waals surface area contributed by atoms with E-state index in [1.54, 1.807) is 0 Å². The number of fused-ring (bicyclic) bond motifs is 1. The molecule has 0 bridgehead atoms. The molecule has 1 fully saturated rings. The normalized spacial score (nSPS) is 15.5. The van der Waals surface area contributed by atoms with Gasteiger partial charge in [-0.3, -0.25) is 14.0 Å². The van der Waals surface area contributed by atoms with Crippen molar-refractivity contribution in [3.05, 3.63) is 77.8 Å². The van der Waals surface area contributed by atoms with Gasteiger partial charge in [-0.05, 0) is 55.2 Å². The third-order valence-corrected chi connectivity index (χ3v) is 7.82. The lowest BCUT2D eigenvalue weighted by atomic mass is 9.97. The Kier molecular flexibility index (Phi) is 8.06. The highest BCUT2D eigenvalue weighted by Crippen LogP contribution is 2.35. The van der Waals surface area contributed by atoms with Crippen LogP contribution in [0.2, 0.25) is 0 Å². The summed E-state index contributed by atoms with van der Waals surface area (Å²) in [4.78, 5) is 25.6. The number of hydrogen-bond donors (Lipinski definition) is 0. The fourth-order valence-corrected chi connectivity index (χ4v) is 5.67. The molecule has 0 aliphatic heterocycles. The molecule has 4 aromatic rings. The van der Waals surface area contributed by atoms with E-state index >= 15 is 0 Å².